The topological polar surface area (TPSA) is 51.0 Å². The maximum Gasteiger partial charge on any atom is 0.219 e. The van der Waals surface area contributed by atoms with Gasteiger partial charge >= 0.3 is 0 Å². The summed E-state index contributed by atoms with van der Waals surface area (Å²) in [4.78, 5) is 0. The second-order valence-corrected chi connectivity index (χ2v) is 6.20. The van der Waals surface area contributed by atoms with Crippen molar-refractivity contribution in [3.8, 4) is 0 Å². The molecular weight excluding hydrogens is 238 g/mol. The highest BCUT2D eigenvalue weighted by Gasteiger charge is 2.24. The van der Waals surface area contributed by atoms with E-state index >= 15 is 0 Å². The Labute approximate surface area is 116 Å². The van der Waals surface area contributed by atoms with Gasteiger partial charge in [0.1, 0.15) is 0 Å². The van der Waals surface area contributed by atoms with Gasteiger partial charge in [-0.05, 0) is 44.6 Å². The summed E-state index contributed by atoms with van der Waals surface area (Å²) >= 11 is 0. The van der Waals surface area contributed by atoms with Crippen LogP contribution in [0.25, 0.3) is 0 Å². The molecule has 1 fully saturated rings. The number of nitrogens with zero attached hydrogens (tertiary/aromatic N) is 2. The summed E-state index contributed by atoms with van der Waals surface area (Å²) in [5.41, 5.74) is 0. The minimum absolute atomic E-state index is 0.506. The van der Waals surface area contributed by atoms with Gasteiger partial charge in [-0.15, -0.1) is 10.2 Å². The van der Waals surface area contributed by atoms with Crippen LogP contribution in [0.3, 0.4) is 0 Å². The Hall–Kier alpha value is -0.900. The van der Waals surface area contributed by atoms with E-state index in [0.29, 0.717) is 12.0 Å². The molecule has 0 aromatic carbocycles. The summed E-state index contributed by atoms with van der Waals surface area (Å²) in [6.45, 7) is 7.66. The molecule has 1 aliphatic rings. The van der Waals surface area contributed by atoms with E-state index in [0.717, 1.165) is 37.1 Å². The molecule has 0 saturated heterocycles. The molecule has 1 aromatic rings. The zero-order chi connectivity index (χ0) is 13.7. The molecule has 108 valence electrons. The van der Waals surface area contributed by atoms with Crippen molar-refractivity contribution in [3.63, 3.8) is 0 Å². The fourth-order valence-electron chi connectivity index (χ4n) is 2.67. The lowest BCUT2D eigenvalue weighted by Crippen LogP contribution is -2.23. The highest BCUT2D eigenvalue weighted by atomic mass is 16.4. The van der Waals surface area contributed by atoms with Crippen molar-refractivity contribution in [2.45, 2.75) is 71.3 Å². The van der Waals surface area contributed by atoms with E-state index in [4.69, 9.17) is 4.42 Å². The molecule has 4 heteroatoms. The summed E-state index contributed by atoms with van der Waals surface area (Å²) in [6, 6.07) is 0.544. The minimum atomic E-state index is 0.506. The highest BCUT2D eigenvalue weighted by Crippen LogP contribution is 2.34. The monoisotopic (exact) mass is 265 g/mol. The molecule has 1 heterocycles. The number of aryl methyl sites for hydroxylation is 1. The van der Waals surface area contributed by atoms with Crippen LogP contribution in [0, 0.1) is 5.92 Å². The van der Waals surface area contributed by atoms with Gasteiger partial charge in [-0.1, -0.05) is 20.8 Å². The zero-order valence-corrected chi connectivity index (χ0v) is 12.5. The molecule has 0 aliphatic heterocycles. The summed E-state index contributed by atoms with van der Waals surface area (Å²) in [5.74, 6) is 3.05. The Bertz CT molecular complexity index is 367. The van der Waals surface area contributed by atoms with E-state index in [9.17, 15) is 0 Å². The van der Waals surface area contributed by atoms with E-state index in [1.54, 1.807) is 0 Å². The normalized spacial score (nSPS) is 24.0. The zero-order valence-electron chi connectivity index (χ0n) is 12.5. The second-order valence-electron chi connectivity index (χ2n) is 6.20. The molecule has 1 saturated carbocycles. The maximum atomic E-state index is 5.82. The first-order valence-electron chi connectivity index (χ1n) is 7.70. The molecule has 0 atom stereocenters. The van der Waals surface area contributed by atoms with Crippen LogP contribution in [0.15, 0.2) is 4.42 Å². The molecule has 1 aromatic heterocycles. The SMILES string of the molecule is CC1CCC(c2nnc(CCCNC(C)C)o2)CC1. The largest absolute Gasteiger partial charge is 0.425 e. The maximum absolute atomic E-state index is 5.82. The third-order valence-electron chi connectivity index (χ3n) is 3.97. The lowest BCUT2D eigenvalue weighted by Gasteiger charge is -2.23. The Morgan fingerprint density at radius 3 is 2.63 bits per heavy atom. The number of hydrogen-bond acceptors (Lipinski definition) is 4. The summed E-state index contributed by atoms with van der Waals surface area (Å²) in [7, 11) is 0. The van der Waals surface area contributed by atoms with Gasteiger partial charge in [0.15, 0.2) is 0 Å². The van der Waals surface area contributed by atoms with E-state index in [1.807, 2.05) is 0 Å². The first-order valence-corrected chi connectivity index (χ1v) is 7.70. The standard InChI is InChI=1S/C15H27N3O/c1-11(2)16-10-4-5-14-17-18-15(19-14)13-8-6-12(3)7-9-13/h11-13,16H,4-10H2,1-3H3. The van der Waals surface area contributed by atoms with Crippen LogP contribution in [0.1, 0.15) is 70.6 Å². The fourth-order valence-corrected chi connectivity index (χ4v) is 2.67. The number of hydrogen-bond donors (Lipinski definition) is 1. The average molecular weight is 265 g/mol. The van der Waals surface area contributed by atoms with Crippen molar-refractivity contribution in [1.29, 1.82) is 0 Å². The van der Waals surface area contributed by atoms with Crippen LogP contribution in [-0.4, -0.2) is 22.8 Å². The van der Waals surface area contributed by atoms with Crippen LogP contribution < -0.4 is 5.32 Å². The van der Waals surface area contributed by atoms with Crippen molar-refractivity contribution >= 4 is 0 Å². The molecule has 0 radical (unpaired) electrons. The smallest absolute Gasteiger partial charge is 0.219 e. The molecular formula is C15H27N3O. The van der Waals surface area contributed by atoms with Gasteiger partial charge in [0.05, 0.1) is 0 Å². The van der Waals surface area contributed by atoms with Gasteiger partial charge in [0.2, 0.25) is 11.8 Å². The summed E-state index contributed by atoms with van der Waals surface area (Å²) < 4.78 is 5.82. The molecule has 0 amide bonds. The number of aromatic nitrogens is 2. The first kappa shape index (κ1) is 14.5. The van der Waals surface area contributed by atoms with E-state index < -0.39 is 0 Å². The second kappa shape index (κ2) is 7.04. The van der Waals surface area contributed by atoms with Gasteiger partial charge in [0.25, 0.3) is 0 Å². The van der Waals surface area contributed by atoms with Gasteiger partial charge in [-0.2, -0.15) is 0 Å². The lowest BCUT2D eigenvalue weighted by molar-refractivity contribution is 0.301. The molecule has 0 spiro atoms. The molecule has 0 bridgehead atoms. The summed E-state index contributed by atoms with van der Waals surface area (Å²) in [5, 5.41) is 11.8. The van der Waals surface area contributed by atoms with Crippen molar-refractivity contribution in [3.05, 3.63) is 11.8 Å². The predicted octanol–water partition coefficient (Wildman–Crippen LogP) is 3.29. The van der Waals surface area contributed by atoms with Gasteiger partial charge in [-0.3, -0.25) is 0 Å². The fraction of sp³-hybridized carbons (Fsp3) is 0.867. The van der Waals surface area contributed by atoms with Crippen molar-refractivity contribution in [1.82, 2.24) is 15.5 Å². The lowest BCUT2D eigenvalue weighted by atomic mass is 9.83. The molecule has 1 aliphatic carbocycles. The predicted molar refractivity (Wildman–Crippen MR) is 76.1 cm³/mol. The molecule has 0 unspecified atom stereocenters. The molecule has 2 rings (SSSR count). The van der Waals surface area contributed by atoms with Gasteiger partial charge in [0, 0.05) is 18.4 Å². The van der Waals surface area contributed by atoms with Crippen molar-refractivity contribution in [2.75, 3.05) is 6.54 Å². The van der Waals surface area contributed by atoms with Gasteiger partial charge < -0.3 is 9.73 Å². The van der Waals surface area contributed by atoms with Crippen LogP contribution >= 0.6 is 0 Å². The highest BCUT2D eigenvalue weighted by molar-refractivity contribution is 4.94. The quantitative estimate of drug-likeness (QED) is 0.802. The number of nitrogens with one attached hydrogen (secondary N) is 1. The van der Waals surface area contributed by atoms with E-state index in [-0.39, 0.29) is 0 Å². The Balaban J connectivity index is 1.75. The minimum Gasteiger partial charge on any atom is -0.425 e. The Kier molecular flexibility index (Phi) is 5.37. The number of rotatable bonds is 6. The van der Waals surface area contributed by atoms with Crippen LogP contribution in [0.2, 0.25) is 0 Å². The molecule has 1 N–H and O–H groups in total. The molecule has 19 heavy (non-hydrogen) atoms. The van der Waals surface area contributed by atoms with E-state index in [1.165, 1.54) is 25.7 Å². The van der Waals surface area contributed by atoms with Crippen molar-refractivity contribution in [2.24, 2.45) is 5.92 Å². The van der Waals surface area contributed by atoms with Crippen LogP contribution in [-0.2, 0) is 6.42 Å². The van der Waals surface area contributed by atoms with Crippen LogP contribution in [0.5, 0.6) is 0 Å². The Morgan fingerprint density at radius 2 is 1.95 bits per heavy atom. The van der Waals surface area contributed by atoms with E-state index in [2.05, 4.69) is 36.3 Å². The van der Waals surface area contributed by atoms with Crippen molar-refractivity contribution < 1.29 is 4.42 Å². The third kappa shape index (κ3) is 4.60. The molecule has 4 nitrogen and oxygen atoms in total. The third-order valence-corrected chi connectivity index (χ3v) is 3.97. The van der Waals surface area contributed by atoms with Crippen LogP contribution in [0.4, 0.5) is 0 Å². The summed E-state index contributed by atoms with van der Waals surface area (Å²) in [6.07, 6.45) is 6.94. The average Bonchev–Trinajstić information content (AvgIpc) is 2.84. The van der Waals surface area contributed by atoms with Gasteiger partial charge in [-0.25, -0.2) is 0 Å². The first-order chi connectivity index (χ1) is 9.15. The Morgan fingerprint density at radius 1 is 1.21 bits per heavy atom.